The number of halogens is 3. The monoisotopic (exact) mass is 402 g/mol. The lowest BCUT2D eigenvalue weighted by Crippen LogP contribution is -2.41. The Balaban J connectivity index is 4.82. The van der Waals surface area contributed by atoms with Crippen molar-refractivity contribution in [3.05, 3.63) is 0 Å². The molecule has 0 aromatic carbocycles. The van der Waals surface area contributed by atoms with E-state index in [1.807, 2.05) is 0 Å². The van der Waals surface area contributed by atoms with Crippen LogP contribution < -0.4 is 0 Å². The van der Waals surface area contributed by atoms with Crippen LogP contribution in [0.1, 0.15) is 105 Å². The molecule has 0 spiro atoms. The third-order valence-corrected chi connectivity index (χ3v) is 6.12. The van der Waals surface area contributed by atoms with E-state index in [-0.39, 0.29) is 5.92 Å². The topological polar surface area (TPSA) is 43.4 Å². The van der Waals surface area contributed by atoms with Crippen LogP contribution in [0.3, 0.4) is 0 Å². The van der Waals surface area contributed by atoms with Gasteiger partial charge in [-0.3, -0.25) is 4.18 Å². The van der Waals surface area contributed by atoms with Crippen LogP contribution >= 0.6 is 0 Å². The molecule has 3 nitrogen and oxygen atoms in total. The molecular weight excluding hydrogens is 365 g/mol. The number of rotatable bonds is 15. The van der Waals surface area contributed by atoms with Crippen molar-refractivity contribution in [1.82, 2.24) is 0 Å². The summed E-state index contributed by atoms with van der Waals surface area (Å²) in [5.41, 5.74) is -6.73. The van der Waals surface area contributed by atoms with Crippen molar-refractivity contribution in [2.45, 2.75) is 116 Å². The van der Waals surface area contributed by atoms with E-state index in [0.29, 0.717) is 12.8 Å². The van der Waals surface area contributed by atoms with Gasteiger partial charge in [0.2, 0.25) is 0 Å². The number of hydrogen-bond acceptors (Lipinski definition) is 3. The molecule has 0 aliphatic carbocycles. The van der Waals surface area contributed by atoms with Crippen molar-refractivity contribution in [3.8, 4) is 0 Å². The van der Waals surface area contributed by atoms with E-state index in [1.54, 1.807) is 0 Å². The highest BCUT2D eigenvalue weighted by atomic mass is 32.2. The molecule has 7 heteroatoms. The summed E-state index contributed by atoms with van der Waals surface area (Å²) in [4.78, 5) is 0. The van der Waals surface area contributed by atoms with Gasteiger partial charge in [-0.25, -0.2) is 0 Å². The second kappa shape index (κ2) is 12.2. The average Bonchev–Trinajstić information content (AvgIpc) is 2.50. The fourth-order valence-corrected chi connectivity index (χ4v) is 4.02. The first-order chi connectivity index (χ1) is 12.0. The smallest absolute Gasteiger partial charge is 0.257 e. The van der Waals surface area contributed by atoms with Crippen molar-refractivity contribution in [2.24, 2.45) is 5.92 Å². The zero-order valence-electron chi connectivity index (χ0n) is 16.8. The Morgan fingerprint density at radius 3 is 1.58 bits per heavy atom. The summed E-state index contributed by atoms with van der Waals surface area (Å²) in [7, 11) is -5.58. The van der Waals surface area contributed by atoms with E-state index in [1.165, 1.54) is 26.7 Å². The van der Waals surface area contributed by atoms with Crippen LogP contribution in [-0.4, -0.2) is 19.5 Å². The molecule has 1 unspecified atom stereocenters. The Kier molecular flexibility index (Phi) is 12.1. The van der Waals surface area contributed by atoms with Crippen LogP contribution in [0.25, 0.3) is 0 Å². The quantitative estimate of drug-likeness (QED) is 0.169. The summed E-state index contributed by atoms with van der Waals surface area (Å²) in [5.74, 6) is -0.206. The molecule has 0 rings (SSSR count). The Morgan fingerprint density at radius 2 is 1.15 bits per heavy atom. The second-order valence-electron chi connectivity index (χ2n) is 7.69. The Bertz CT molecular complexity index is 459. The van der Waals surface area contributed by atoms with Gasteiger partial charge >= 0.3 is 15.6 Å². The summed E-state index contributed by atoms with van der Waals surface area (Å²) in [6, 6.07) is 0. The number of hydrogen-bond donors (Lipinski definition) is 0. The average molecular weight is 403 g/mol. The highest BCUT2D eigenvalue weighted by molar-refractivity contribution is 7.87. The molecule has 0 heterocycles. The van der Waals surface area contributed by atoms with Gasteiger partial charge in [-0.05, 0) is 32.6 Å². The van der Waals surface area contributed by atoms with Gasteiger partial charge in [0.05, 0.1) is 5.60 Å². The van der Waals surface area contributed by atoms with Crippen LogP contribution in [-0.2, 0) is 14.3 Å². The van der Waals surface area contributed by atoms with Crippen molar-refractivity contribution >= 4 is 10.1 Å². The first kappa shape index (κ1) is 25.7. The maximum Gasteiger partial charge on any atom is 0.523 e. The SMILES string of the molecule is CCCCCCCCC(CCCCCC)C(C)(C)OS(=O)(=O)C(F)(F)F. The summed E-state index contributed by atoms with van der Waals surface area (Å²) >= 11 is 0. The highest BCUT2D eigenvalue weighted by Crippen LogP contribution is 2.36. The number of alkyl halides is 3. The van der Waals surface area contributed by atoms with E-state index in [9.17, 15) is 21.6 Å². The fraction of sp³-hybridized carbons (Fsp3) is 1.00. The van der Waals surface area contributed by atoms with Crippen molar-refractivity contribution < 1.29 is 25.8 Å². The maximum absolute atomic E-state index is 12.7. The number of unbranched alkanes of at least 4 members (excludes halogenated alkanes) is 8. The molecule has 0 radical (unpaired) electrons. The highest BCUT2D eigenvalue weighted by Gasteiger charge is 2.51. The third kappa shape index (κ3) is 10.1. The summed E-state index contributed by atoms with van der Waals surface area (Å²) in [6.07, 6.45) is 12.0. The molecule has 0 bridgehead atoms. The molecule has 0 fully saturated rings. The molecule has 0 saturated heterocycles. The minimum atomic E-state index is -5.58. The first-order valence-corrected chi connectivity index (χ1v) is 11.4. The van der Waals surface area contributed by atoms with Crippen LogP contribution in [0.2, 0.25) is 0 Å². The standard InChI is InChI=1S/C19H37F3O3S/c1-5-7-9-11-12-14-16-17(15-13-10-8-6-2)18(3,4)25-26(23,24)19(20,21)22/h17H,5-16H2,1-4H3. The van der Waals surface area contributed by atoms with Gasteiger partial charge in [0.25, 0.3) is 0 Å². The molecule has 1 atom stereocenters. The molecule has 0 aliphatic heterocycles. The zero-order chi connectivity index (χ0) is 20.3. The normalized spacial score (nSPS) is 14.6. The molecule has 0 aromatic heterocycles. The van der Waals surface area contributed by atoms with E-state index < -0.39 is 21.2 Å². The van der Waals surface area contributed by atoms with Gasteiger partial charge in [0.1, 0.15) is 0 Å². The lowest BCUT2D eigenvalue weighted by Gasteiger charge is -2.34. The lowest BCUT2D eigenvalue weighted by atomic mass is 9.82. The van der Waals surface area contributed by atoms with Gasteiger partial charge in [-0.1, -0.05) is 78.1 Å². The van der Waals surface area contributed by atoms with Crippen LogP contribution in [0.4, 0.5) is 13.2 Å². The third-order valence-electron chi connectivity index (χ3n) is 4.90. The Labute approximate surface area is 158 Å². The van der Waals surface area contributed by atoms with E-state index in [0.717, 1.165) is 51.4 Å². The van der Waals surface area contributed by atoms with Crippen molar-refractivity contribution in [2.75, 3.05) is 0 Å². The lowest BCUT2D eigenvalue weighted by molar-refractivity contribution is -0.0691. The largest absolute Gasteiger partial charge is 0.523 e. The molecule has 158 valence electrons. The molecule has 0 amide bonds. The Hall–Kier alpha value is -0.300. The zero-order valence-corrected chi connectivity index (χ0v) is 17.6. The van der Waals surface area contributed by atoms with Crippen molar-refractivity contribution in [3.63, 3.8) is 0 Å². The van der Waals surface area contributed by atoms with Gasteiger partial charge in [0.15, 0.2) is 0 Å². The minimum Gasteiger partial charge on any atom is -0.257 e. The molecule has 26 heavy (non-hydrogen) atoms. The van der Waals surface area contributed by atoms with Gasteiger partial charge < -0.3 is 0 Å². The van der Waals surface area contributed by atoms with Crippen LogP contribution in [0.5, 0.6) is 0 Å². The fourth-order valence-electron chi connectivity index (χ4n) is 3.23. The molecule has 0 aromatic rings. The van der Waals surface area contributed by atoms with E-state index in [4.69, 9.17) is 0 Å². The first-order valence-electron chi connectivity index (χ1n) is 9.99. The maximum atomic E-state index is 12.7. The molecule has 0 aliphatic rings. The second-order valence-corrected chi connectivity index (χ2v) is 9.23. The van der Waals surface area contributed by atoms with Crippen molar-refractivity contribution in [1.29, 1.82) is 0 Å². The summed E-state index contributed by atoms with van der Waals surface area (Å²) in [6.45, 7) is 7.18. The predicted molar refractivity (Wildman–Crippen MR) is 100 cm³/mol. The van der Waals surface area contributed by atoms with E-state index in [2.05, 4.69) is 18.0 Å². The van der Waals surface area contributed by atoms with Gasteiger partial charge in [0, 0.05) is 0 Å². The molecule has 0 saturated carbocycles. The molecule has 0 N–H and O–H groups in total. The minimum absolute atomic E-state index is 0.206. The summed E-state index contributed by atoms with van der Waals surface area (Å²) in [5, 5.41) is 0. The summed E-state index contributed by atoms with van der Waals surface area (Å²) < 4.78 is 65.6. The molecular formula is C19H37F3O3S. The predicted octanol–water partition coefficient (Wildman–Crippen LogP) is 6.97. The van der Waals surface area contributed by atoms with E-state index >= 15 is 0 Å². The van der Waals surface area contributed by atoms with Gasteiger partial charge in [-0.15, -0.1) is 0 Å². The van der Waals surface area contributed by atoms with Crippen LogP contribution in [0.15, 0.2) is 0 Å². The van der Waals surface area contributed by atoms with Crippen LogP contribution in [0, 0.1) is 5.92 Å². The Morgan fingerprint density at radius 1 is 0.769 bits per heavy atom. The van der Waals surface area contributed by atoms with Gasteiger partial charge in [-0.2, -0.15) is 21.6 Å².